The van der Waals surface area contributed by atoms with Crippen LogP contribution in [0.15, 0.2) is 18.2 Å². The molecule has 0 radical (unpaired) electrons. The van der Waals surface area contributed by atoms with E-state index in [0.29, 0.717) is 17.0 Å². The summed E-state index contributed by atoms with van der Waals surface area (Å²) >= 11 is 6.02. The Morgan fingerprint density at radius 2 is 2.00 bits per heavy atom. The van der Waals surface area contributed by atoms with Crippen molar-refractivity contribution in [1.82, 2.24) is 4.90 Å². The number of piperidine rings is 1. The number of rotatable bonds is 6. The Kier molecular flexibility index (Phi) is 7.08. The smallest absolute Gasteiger partial charge is 0.241 e. The number of carbonyl (C=O) groups is 1. The second-order valence-electron chi connectivity index (χ2n) is 7.09. The summed E-state index contributed by atoms with van der Waals surface area (Å²) in [6, 6.07) is 5.39. The maximum absolute atomic E-state index is 12.5. The van der Waals surface area contributed by atoms with Crippen LogP contribution in [-0.2, 0) is 9.53 Å². The minimum Gasteiger partial charge on any atom is -0.378 e. The quantitative estimate of drug-likeness (QED) is 0.837. The molecule has 1 aromatic carbocycles. The molecule has 0 spiro atoms. The van der Waals surface area contributed by atoms with Crippen molar-refractivity contribution >= 4 is 23.2 Å². The third kappa shape index (κ3) is 5.47. The van der Waals surface area contributed by atoms with Crippen molar-refractivity contribution in [2.75, 3.05) is 25.0 Å². The van der Waals surface area contributed by atoms with E-state index in [9.17, 15) is 4.79 Å². The maximum atomic E-state index is 12.5. The number of benzene rings is 1. The largest absolute Gasteiger partial charge is 0.378 e. The molecule has 1 aliphatic rings. The summed E-state index contributed by atoms with van der Waals surface area (Å²) in [6.07, 6.45) is 2.30. The first-order valence-corrected chi connectivity index (χ1v) is 9.17. The molecule has 4 nitrogen and oxygen atoms in total. The Morgan fingerprint density at radius 3 is 2.62 bits per heavy atom. The molecule has 1 heterocycles. The number of carbonyl (C=O) groups excluding carboxylic acids is 1. The number of nitrogens with one attached hydrogen (secondary N) is 1. The standard InChI is InChI=1S/C19H29ClN2O2/c1-13(2)12-24-17-7-9-22(10-8-17)15(4)19(23)21-18-11-16(20)6-5-14(18)3/h5-6,11,13,15,17H,7-10,12H2,1-4H3,(H,21,23). The van der Waals surface area contributed by atoms with Crippen molar-refractivity contribution in [3.8, 4) is 0 Å². The highest BCUT2D eigenvalue weighted by Gasteiger charge is 2.27. The van der Waals surface area contributed by atoms with Crippen LogP contribution in [0.3, 0.4) is 0 Å². The Labute approximate surface area is 150 Å². The Balaban J connectivity index is 1.85. The fourth-order valence-corrected chi connectivity index (χ4v) is 3.06. The number of hydrogen-bond donors (Lipinski definition) is 1. The van der Waals surface area contributed by atoms with Crippen LogP contribution in [0.1, 0.15) is 39.2 Å². The van der Waals surface area contributed by atoms with Gasteiger partial charge in [-0.3, -0.25) is 9.69 Å². The Morgan fingerprint density at radius 1 is 1.33 bits per heavy atom. The first-order valence-electron chi connectivity index (χ1n) is 8.79. The highest BCUT2D eigenvalue weighted by Crippen LogP contribution is 2.22. The Hall–Kier alpha value is -1.10. The SMILES string of the molecule is Cc1ccc(Cl)cc1NC(=O)C(C)N1CCC(OCC(C)C)CC1. The minimum atomic E-state index is -0.158. The minimum absolute atomic E-state index is 0.0157. The van der Waals surface area contributed by atoms with Crippen LogP contribution in [0.4, 0.5) is 5.69 Å². The fourth-order valence-electron chi connectivity index (χ4n) is 2.89. The third-order valence-electron chi connectivity index (χ3n) is 4.53. The molecule has 0 saturated carbocycles. The summed E-state index contributed by atoms with van der Waals surface area (Å²) in [4.78, 5) is 14.8. The molecule has 1 amide bonds. The number of likely N-dealkylation sites (tertiary alicyclic amines) is 1. The molecule has 1 N–H and O–H groups in total. The van der Waals surface area contributed by atoms with Gasteiger partial charge in [0, 0.05) is 30.4 Å². The molecule has 24 heavy (non-hydrogen) atoms. The third-order valence-corrected chi connectivity index (χ3v) is 4.76. The van der Waals surface area contributed by atoms with E-state index in [1.54, 1.807) is 6.07 Å². The zero-order chi connectivity index (χ0) is 17.7. The average Bonchev–Trinajstić information content (AvgIpc) is 2.56. The molecular formula is C19H29ClN2O2. The van der Waals surface area contributed by atoms with Crippen molar-refractivity contribution in [3.63, 3.8) is 0 Å². The van der Waals surface area contributed by atoms with Gasteiger partial charge in [-0.15, -0.1) is 0 Å². The van der Waals surface area contributed by atoms with E-state index in [1.165, 1.54) is 0 Å². The molecule has 0 bridgehead atoms. The highest BCUT2D eigenvalue weighted by atomic mass is 35.5. The topological polar surface area (TPSA) is 41.6 Å². The van der Waals surface area contributed by atoms with Gasteiger partial charge in [-0.05, 0) is 50.3 Å². The van der Waals surface area contributed by atoms with Gasteiger partial charge in [0.1, 0.15) is 0 Å². The molecule has 1 atom stereocenters. The highest BCUT2D eigenvalue weighted by molar-refractivity contribution is 6.31. The first kappa shape index (κ1) is 19.2. The molecule has 134 valence electrons. The molecule has 1 aromatic rings. The van der Waals surface area contributed by atoms with E-state index in [0.717, 1.165) is 43.8 Å². The molecule has 1 saturated heterocycles. The number of halogens is 1. The van der Waals surface area contributed by atoms with Crippen LogP contribution in [0, 0.1) is 12.8 Å². The molecule has 5 heteroatoms. The van der Waals surface area contributed by atoms with Gasteiger partial charge >= 0.3 is 0 Å². The predicted molar refractivity (Wildman–Crippen MR) is 99.7 cm³/mol. The summed E-state index contributed by atoms with van der Waals surface area (Å²) in [5.41, 5.74) is 1.80. The van der Waals surface area contributed by atoms with Crippen molar-refractivity contribution in [3.05, 3.63) is 28.8 Å². The number of hydrogen-bond acceptors (Lipinski definition) is 3. The molecule has 0 aromatic heterocycles. The maximum Gasteiger partial charge on any atom is 0.241 e. The monoisotopic (exact) mass is 352 g/mol. The Bertz CT molecular complexity index is 554. The van der Waals surface area contributed by atoms with E-state index in [1.807, 2.05) is 26.0 Å². The van der Waals surface area contributed by atoms with Crippen molar-refractivity contribution in [1.29, 1.82) is 0 Å². The van der Waals surface area contributed by atoms with E-state index in [4.69, 9.17) is 16.3 Å². The molecule has 2 rings (SSSR count). The normalized spacial score (nSPS) is 17.9. The van der Waals surface area contributed by atoms with Gasteiger partial charge < -0.3 is 10.1 Å². The number of anilines is 1. The van der Waals surface area contributed by atoms with E-state index < -0.39 is 0 Å². The number of nitrogens with zero attached hydrogens (tertiary/aromatic N) is 1. The van der Waals surface area contributed by atoms with Crippen LogP contribution in [-0.4, -0.2) is 42.6 Å². The van der Waals surface area contributed by atoms with E-state index in [2.05, 4.69) is 24.1 Å². The summed E-state index contributed by atoms with van der Waals surface area (Å²) in [5.74, 6) is 0.579. The van der Waals surface area contributed by atoms with Crippen LogP contribution < -0.4 is 5.32 Å². The lowest BCUT2D eigenvalue weighted by atomic mass is 10.1. The average molecular weight is 353 g/mol. The van der Waals surface area contributed by atoms with Crippen LogP contribution in [0.5, 0.6) is 0 Å². The summed E-state index contributed by atoms with van der Waals surface area (Å²) in [7, 11) is 0. The van der Waals surface area contributed by atoms with Crippen molar-refractivity contribution < 1.29 is 9.53 Å². The van der Waals surface area contributed by atoms with Crippen LogP contribution in [0.2, 0.25) is 5.02 Å². The number of amides is 1. The van der Waals surface area contributed by atoms with E-state index >= 15 is 0 Å². The number of aryl methyl sites for hydroxylation is 1. The van der Waals surface area contributed by atoms with Crippen molar-refractivity contribution in [2.45, 2.75) is 52.7 Å². The lowest BCUT2D eigenvalue weighted by Crippen LogP contribution is -2.47. The van der Waals surface area contributed by atoms with Gasteiger partial charge in [-0.1, -0.05) is 31.5 Å². The summed E-state index contributed by atoms with van der Waals surface area (Å²) in [6.45, 7) is 10.9. The molecule has 1 fully saturated rings. The second kappa shape index (κ2) is 8.84. The lowest BCUT2D eigenvalue weighted by molar-refractivity contribution is -0.122. The van der Waals surface area contributed by atoms with Gasteiger partial charge in [0.2, 0.25) is 5.91 Å². The van der Waals surface area contributed by atoms with Crippen LogP contribution in [0.25, 0.3) is 0 Å². The summed E-state index contributed by atoms with van der Waals surface area (Å²) < 4.78 is 5.92. The van der Waals surface area contributed by atoms with Gasteiger partial charge in [-0.25, -0.2) is 0 Å². The van der Waals surface area contributed by atoms with Gasteiger partial charge in [0.05, 0.1) is 12.1 Å². The fraction of sp³-hybridized carbons (Fsp3) is 0.632. The predicted octanol–water partition coefficient (Wildman–Crippen LogP) is 4.11. The van der Waals surface area contributed by atoms with E-state index in [-0.39, 0.29) is 11.9 Å². The first-order chi connectivity index (χ1) is 11.4. The number of ether oxygens (including phenoxy) is 1. The molecule has 0 aliphatic carbocycles. The zero-order valence-corrected chi connectivity index (χ0v) is 15.9. The molecular weight excluding hydrogens is 324 g/mol. The van der Waals surface area contributed by atoms with Gasteiger partial charge in [-0.2, -0.15) is 0 Å². The lowest BCUT2D eigenvalue weighted by Gasteiger charge is -2.35. The summed E-state index contributed by atoms with van der Waals surface area (Å²) in [5, 5.41) is 3.63. The zero-order valence-electron chi connectivity index (χ0n) is 15.1. The molecule has 1 aliphatic heterocycles. The molecule has 1 unspecified atom stereocenters. The van der Waals surface area contributed by atoms with Gasteiger partial charge in [0.25, 0.3) is 0 Å². The second-order valence-corrected chi connectivity index (χ2v) is 7.52. The van der Waals surface area contributed by atoms with Crippen molar-refractivity contribution in [2.24, 2.45) is 5.92 Å². The van der Waals surface area contributed by atoms with Gasteiger partial charge in [0.15, 0.2) is 0 Å². The van der Waals surface area contributed by atoms with Crippen LogP contribution >= 0.6 is 11.6 Å².